The van der Waals surface area contributed by atoms with E-state index >= 15 is 0 Å². The van der Waals surface area contributed by atoms with Gasteiger partial charge in [-0.2, -0.15) is 0 Å². The summed E-state index contributed by atoms with van der Waals surface area (Å²) in [6.07, 6.45) is 4.50. The lowest BCUT2D eigenvalue weighted by molar-refractivity contribution is 0.0449. The van der Waals surface area contributed by atoms with Gasteiger partial charge in [0, 0.05) is 30.5 Å². The van der Waals surface area contributed by atoms with E-state index < -0.39 is 17.9 Å². The Kier molecular flexibility index (Phi) is 19.6. The lowest BCUT2D eigenvalue weighted by Crippen LogP contribution is -2.17. The van der Waals surface area contributed by atoms with Crippen LogP contribution in [0.15, 0.2) is 18.2 Å². The number of carbonyl (C=O) groups excluding carboxylic acids is 3. The molecule has 3 atom stereocenters. The molecule has 0 spiro atoms. The summed E-state index contributed by atoms with van der Waals surface area (Å²) in [4.78, 5) is 39.0. The maximum absolute atomic E-state index is 12.9. The minimum Gasteiger partial charge on any atom is -0.462 e. The molecule has 0 N–H and O–H groups in total. The predicted molar refractivity (Wildman–Crippen MR) is 165 cm³/mol. The van der Waals surface area contributed by atoms with Crippen LogP contribution in [0.2, 0.25) is 0 Å². The topological polar surface area (TPSA) is 78.9 Å². The van der Waals surface area contributed by atoms with Crippen molar-refractivity contribution in [2.24, 2.45) is 0 Å². The third-order valence-corrected chi connectivity index (χ3v) is 12.2. The molecule has 6 nitrogen and oxygen atoms in total. The summed E-state index contributed by atoms with van der Waals surface area (Å²) in [5.74, 6) is -1.88. The van der Waals surface area contributed by atoms with E-state index in [-0.39, 0.29) is 46.2 Å². The maximum Gasteiger partial charge on any atom is 0.339 e. The van der Waals surface area contributed by atoms with Crippen molar-refractivity contribution in [1.82, 2.24) is 0 Å². The van der Waals surface area contributed by atoms with Gasteiger partial charge in [0.05, 0.1) is 36.5 Å². The molecule has 1 aromatic carbocycles. The quantitative estimate of drug-likeness (QED) is 0.0645. The van der Waals surface area contributed by atoms with Crippen molar-refractivity contribution >= 4 is 113 Å². The second kappa shape index (κ2) is 20.4. The molecular formula is C24H30Br6O6. The SMILES string of the molecule is O=C(OCCCC(Br)CBr)c1ccc(C(=O)OCCCC(Br)CBr)c(C(=O)OCCCC(Br)CBr)c1. The van der Waals surface area contributed by atoms with Crippen molar-refractivity contribution in [3.63, 3.8) is 0 Å². The fraction of sp³-hybridized carbons (Fsp3) is 0.625. The van der Waals surface area contributed by atoms with E-state index in [2.05, 4.69) is 95.6 Å². The molecule has 0 aliphatic carbocycles. The van der Waals surface area contributed by atoms with Gasteiger partial charge in [-0.25, -0.2) is 14.4 Å². The molecule has 0 aromatic heterocycles. The predicted octanol–water partition coefficient (Wildman–Crippen LogP) is 7.97. The third-order valence-electron chi connectivity index (χ3n) is 4.88. The van der Waals surface area contributed by atoms with E-state index in [1.54, 1.807) is 0 Å². The molecule has 1 aromatic rings. The van der Waals surface area contributed by atoms with Gasteiger partial charge in [-0.1, -0.05) is 95.6 Å². The fourth-order valence-electron chi connectivity index (χ4n) is 2.90. The van der Waals surface area contributed by atoms with Crippen LogP contribution in [0.3, 0.4) is 0 Å². The Hall–Kier alpha value is 0.510. The number of hydrogen-bond donors (Lipinski definition) is 0. The zero-order chi connectivity index (χ0) is 26.9. The second-order valence-electron chi connectivity index (χ2n) is 7.85. The number of benzene rings is 1. The number of rotatable bonds is 18. The fourth-order valence-corrected chi connectivity index (χ4v) is 4.84. The van der Waals surface area contributed by atoms with E-state index in [0.717, 1.165) is 35.3 Å². The minimum absolute atomic E-state index is 0.0102. The first-order valence-electron chi connectivity index (χ1n) is 11.5. The summed E-state index contributed by atoms with van der Waals surface area (Å²) in [5.41, 5.74) is 0.225. The maximum atomic E-state index is 12.9. The number of carbonyl (C=O) groups is 3. The average molecular weight is 894 g/mol. The van der Waals surface area contributed by atoms with Crippen molar-refractivity contribution in [3.05, 3.63) is 34.9 Å². The van der Waals surface area contributed by atoms with Crippen molar-refractivity contribution in [1.29, 1.82) is 0 Å². The Balaban J connectivity index is 2.89. The molecule has 0 fully saturated rings. The smallest absolute Gasteiger partial charge is 0.339 e. The summed E-state index contributed by atoms with van der Waals surface area (Å²) in [5, 5.41) is 2.40. The second-order valence-corrected chi connectivity index (χ2v) is 13.7. The molecule has 0 radical (unpaired) electrons. The zero-order valence-electron chi connectivity index (χ0n) is 19.7. The van der Waals surface area contributed by atoms with Crippen LogP contribution in [0.5, 0.6) is 0 Å². The molecule has 0 heterocycles. The minimum atomic E-state index is -0.680. The van der Waals surface area contributed by atoms with Crippen LogP contribution >= 0.6 is 95.6 Å². The van der Waals surface area contributed by atoms with Crippen LogP contribution in [0, 0.1) is 0 Å². The third kappa shape index (κ3) is 14.1. The van der Waals surface area contributed by atoms with Gasteiger partial charge < -0.3 is 14.2 Å². The average Bonchev–Trinajstić information content (AvgIpc) is 2.89. The van der Waals surface area contributed by atoms with Crippen molar-refractivity contribution in [2.75, 3.05) is 35.8 Å². The van der Waals surface area contributed by atoms with Crippen LogP contribution in [0.25, 0.3) is 0 Å². The van der Waals surface area contributed by atoms with Gasteiger partial charge in [-0.05, 0) is 56.7 Å². The molecule has 12 heteroatoms. The number of esters is 3. The molecule has 1 rings (SSSR count). The van der Waals surface area contributed by atoms with Gasteiger partial charge >= 0.3 is 17.9 Å². The molecule has 0 saturated heterocycles. The summed E-state index contributed by atoms with van der Waals surface area (Å²) < 4.78 is 16.1. The first kappa shape index (κ1) is 34.5. The summed E-state index contributed by atoms with van der Waals surface area (Å²) in [6, 6.07) is 4.23. The highest BCUT2D eigenvalue weighted by molar-refractivity contribution is 9.12. The van der Waals surface area contributed by atoms with E-state index in [1.807, 2.05) is 0 Å². The molecule has 0 bridgehead atoms. The van der Waals surface area contributed by atoms with Crippen molar-refractivity contribution in [3.8, 4) is 0 Å². The summed E-state index contributed by atoms with van der Waals surface area (Å²) in [7, 11) is 0. The number of alkyl halides is 6. The van der Waals surface area contributed by atoms with Crippen LogP contribution in [0.4, 0.5) is 0 Å². The Bertz CT molecular complexity index is 824. The van der Waals surface area contributed by atoms with Gasteiger partial charge in [0.1, 0.15) is 0 Å². The molecule has 0 aliphatic heterocycles. The Morgan fingerprint density at radius 3 is 1.42 bits per heavy atom. The highest BCUT2D eigenvalue weighted by atomic mass is 79.9. The monoisotopic (exact) mass is 888 g/mol. The largest absolute Gasteiger partial charge is 0.462 e. The lowest BCUT2D eigenvalue weighted by atomic mass is 10.0. The number of ether oxygens (including phenoxy) is 3. The van der Waals surface area contributed by atoms with E-state index in [9.17, 15) is 14.4 Å². The first-order valence-corrected chi connectivity index (χ1v) is 17.6. The van der Waals surface area contributed by atoms with E-state index in [4.69, 9.17) is 14.2 Å². The van der Waals surface area contributed by atoms with Crippen molar-refractivity contribution < 1.29 is 28.6 Å². The number of halogens is 6. The Labute approximate surface area is 263 Å². The van der Waals surface area contributed by atoms with Crippen LogP contribution in [0.1, 0.15) is 69.6 Å². The first-order chi connectivity index (χ1) is 17.2. The Morgan fingerprint density at radius 1 is 0.611 bits per heavy atom. The van der Waals surface area contributed by atoms with Gasteiger partial charge in [0.2, 0.25) is 0 Å². The molecule has 0 aliphatic rings. The van der Waals surface area contributed by atoms with Gasteiger partial charge in [0.25, 0.3) is 0 Å². The van der Waals surface area contributed by atoms with Crippen LogP contribution < -0.4 is 0 Å². The zero-order valence-corrected chi connectivity index (χ0v) is 29.2. The molecule has 3 unspecified atom stereocenters. The van der Waals surface area contributed by atoms with Gasteiger partial charge in [-0.15, -0.1) is 0 Å². The molecule has 36 heavy (non-hydrogen) atoms. The molecule has 0 amide bonds. The van der Waals surface area contributed by atoms with Gasteiger partial charge in [0.15, 0.2) is 0 Å². The highest BCUT2D eigenvalue weighted by Crippen LogP contribution is 2.19. The van der Waals surface area contributed by atoms with Crippen LogP contribution in [-0.4, -0.2) is 68.2 Å². The lowest BCUT2D eigenvalue weighted by Gasteiger charge is -2.13. The molecule has 0 saturated carbocycles. The molecule has 204 valence electrons. The van der Waals surface area contributed by atoms with Gasteiger partial charge in [-0.3, -0.25) is 0 Å². The van der Waals surface area contributed by atoms with Crippen molar-refractivity contribution in [2.45, 2.75) is 53.0 Å². The Morgan fingerprint density at radius 2 is 1.00 bits per heavy atom. The van der Waals surface area contributed by atoms with E-state index in [0.29, 0.717) is 24.1 Å². The normalized spacial score (nSPS) is 13.5. The summed E-state index contributed by atoms with van der Waals surface area (Å²) in [6.45, 7) is 0.660. The van der Waals surface area contributed by atoms with Crippen LogP contribution in [-0.2, 0) is 14.2 Å². The number of hydrogen-bond acceptors (Lipinski definition) is 6. The standard InChI is InChI=1S/C24H30Br6O6/c25-13-17(28)4-1-9-34-22(31)16-7-8-20(23(32)35-10-2-5-18(29)14-26)21(12-16)24(33)36-11-3-6-19(30)15-27/h7-8,12,17-19H,1-6,9-11,13-15H2. The highest BCUT2D eigenvalue weighted by Gasteiger charge is 2.22. The molecular weight excluding hydrogens is 864 g/mol. The summed E-state index contributed by atoms with van der Waals surface area (Å²) >= 11 is 20.7. The van der Waals surface area contributed by atoms with E-state index in [1.165, 1.54) is 18.2 Å².